The summed E-state index contributed by atoms with van der Waals surface area (Å²) in [5.74, 6) is -0.299. The van der Waals surface area contributed by atoms with Gasteiger partial charge in [0.05, 0.1) is 0 Å². The van der Waals surface area contributed by atoms with E-state index in [1.54, 1.807) is 13.0 Å². The highest BCUT2D eigenvalue weighted by molar-refractivity contribution is 5.94. The number of hydrogen-bond donors (Lipinski definition) is 0. The maximum Gasteiger partial charge on any atom is 0.252 e. The van der Waals surface area contributed by atoms with Crippen molar-refractivity contribution in [1.82, 2.24) is 4.90 Å². The molecule has 0 aromatic rings. The Bertz CT molecular complexity index is 140. The fraction of sp³-hybridized carbons (Fsp3) is 0.333. The molecule has 0 aromatic carbocycles. The van der Waals surface area contributed by atoms with Crippen LogP contribution in [-0.2, 0) is 9.59 Å². The molecule has 0 unspecified atom stereocenters. The summed E-state index contributed by atoms with van der Waals surface area (Å²) in [6.45, 7) is 1.72. The van der Waals surface area contributed by atoms with E-state index in [0.29, 0.717) is 6.41 Å². The molecular formula is C6H9NO2. The van der Waals surface area contributed by atoms with Crippen LogP contribution in [-0.4, -0.2) is 24.3 Å². The zero-order chi connectivity index (χ0) is 7.28. The first kappa shape index (κ1) is 7.88. The number of carbonyl (C=O) groups excluding carboxylic acids is 2. The number of nitrogens with zero attached hydrogens (tertiary/aromatic N) is 1. The molecule has 0 aliphatic rings. The van der Waals surface area contributed by atoms with Crippen molar-refractivity contribution < 1.29 is 9.59 Å². The van der Waals surface area contributed by atoms with E-state index in [1.165, 1.54) is 13.1 Å². The van der Waals surface area contributed by atoms with E-state index in [-0.39, 0.29) is 5.91 Å². The van der Waals surface area contributed by atoms with Crippen LogP contribution in [0.4, 0.5) is 0 Å². The van der Waals surface area contributed by atoms with E-state index in [2.05, 4.69) is 0 Å². The second-order valence-electron chi connectivity index (χ2n) is 1.55. The summed E-state index contributed by atoms with van der Waals surface area (Å²) >= 11 is 0. The molecule has 3 heteroatoms. The van der Waals surface area contributed by atoms with Gasteiger partial charge in [0.1, 0.15) is 0 Å². The van der Waals surface area contributed by atoms with Gasteiger partial charge in [0.15, 0.2) is 0 Å². The third-order valence-electron chi connectivity index (χ3n) is 0.815. The smallest absolute Gasteiger partial charge is 0.252 e. The standard InChI is InChI=1S/C6H9NO2/c1-3-4-6(9)7(2)5-8/h3-5H,1-2H3/b4-3-. The van der Waals surface area contributed by atoms with Crippen molar-refractivity contribution in [2.75, 3.05) is 7.05 Å². The number of hydrogen-bond acceptors (Lipinski definition) is 2. The van der Waals surface area contributed by atoms with E-state index >= 15 is 0 Å². The molecule has 0 fully saturated rings. The molecule has 0 N–H and O–H groups in total. The van der Waals surface area contributed by atoms with Gasteiger partial charge >= 0.3 is 0 Å². The zero-order valence-electron chi connectivity index (χ0n) is 5.50. The first-order valence-electron chi connectivity index (χ1n) is 2.57. The Labute approximate surface area is 54.0 Å². The Morgan fingerprint density at radius 1 is 1.56 bits per heavy atom. The lowest BCUT2D eigenvalue weighted by atomic mass is 10.5. The van der Waals surface area contributed by atoms with Gasteiger partial charge in [-0.15, -0.1) is 0 Å². The second-order valence-corrected chi connectivity index (χ2v) is 1.55. The Kier molecular flexibility index (Phi) is 3.35. The van der Waals surface area contributed by atoms with Gasteiger partial charge in [-0.25, -0.2) is 0 Å². The Balaban J connectivity index is 3.87. The minimum atomic E-state index is -0.299. The summed E-state index contributed by atoms with van der Waals surface area (Å²) in [5, 5.41) is 0. The Morgan fingerprint density at radius 3 is 2.44 bits per heavy atom. The average Bonchev–Trinajstić information content (AvgIpc) is 1.87. The fourth-order valence-corrected chi connectivity index (χ4v) is 0.312. The number of imide groups is 1. The molecular weight excluding hydrogens is 118 g/mol. The van der Waals surface area contributed by atoms with Crippen LogP contribution in [0.15, 0.2) is 12.2 Å². The van der Waals surface area contributed by atoms with Crippen molar-refractivity contribution in [3.05, 3.63) is 12.2 Å². The van der Waals surface area contributed by atoms with Gasteiger partial charge in [-0.3, -0.25) is 14.5 Å². The van der Waals surface area contributed by atoms with Gasteiger partial charge in [-0.05, 0) is 13.0 Å². The summed E-state index contributed by atoms with van der Waals surface area (Å²) in [4.78, 5) is 21.4. The molecule has 0 atom stereocenters. The Morgan fingerprint density at radius 2 is 2.11 bits per heavy atom. The lowest BCUT2D eigenvalue weighted by Crippen LogP contribution is -2.22. The van der Waals surface area contributed by atoms with Crippen molar-refractivity contribution in [3.8, 4) is 0 Å². The topological polar surface area (TPSA) is 37.4 Å². The molecule has 0 bridgehead atoms. The van der Waals surface area contributed by atoms with Crippen LogP contribution >= 0.6 is 0 Å². The quantitative estimate of drug-likeness (QED) is 0.392. The second kappa shape index (κ2) is 3.83. The number of rotatable bonds is 2. The van der Waals surface area contributed by atoms with Crippen LogP contribution < -0.4 is 0 Å². The normalized spacial score (nSPS) is 9.56. The van der Waals surface area contributed by atoms with Crippen molar-refractivity contribution in [2.24, 2.45) is 0 Å². The van der Waals surface area contributed by atoms with Crippen LogP contribution in [0.2, 0.25) is 0 Å². The summed E-state index contributed by atoms with van der Waals surface area (Å²) in [7, 11) is 1.41. The van der Waals surface area contributed by atoms with Crippen LogP contribution in [0.1, 0.15) is 6.92 Å². The lowest BCUT2D eigenvalue weighted by molar-refractivity contribution is -0.132. The highest BCUT2D eigenvalue weighted by Crippen LogP contribution is 1.80. The molecule has 0 radical (unpaired) electrons. The molecule has 0 saturated carbocycles. The van der Waals surface area contributed by atoms with E-state index in [4.69, 9.17) is 0 Å². The number of allylic oxidation sites excluding steroid dienone is 1. The van der Waals surface area contributed by atoms with Crippen molar-refractivity contribution >= 4 is 12.3 Å². The van der Waals surface area contributed by atoms with Crippen LogP contribution in [0, 0.1) is 0 Å². The summed E-state index contributed by atoms with van der Waals surface area (Å²) in [6, 6.07) is 0. The van der Waals surface area contributed by atoms with Crippen LogP contribution in [0.5, 0.6) is 0 Å². The van der Waals surface area contributed by atoms with Gasteiger partial charge in [-0.1, -0.05) is 6.08 Å². The summed E-state index contributed by atoms with van der Waals surface area (Å²) in [5.41, 5.74) is 0. The molecule has 3 nitrogen and oxygen atoms in total. The van der Waals surface area contributed by atoms with Gasteiger partial charge < -0.3 is 0 Å². The third kappa shape index (κ3) is 2.64. The molecule has 0 aromatic heterocycles. The largest absolute Gasteiger partial charge is 0.285 e. The third-order valence-corrected chi connectivity index (χ3v) is 0.815. The van der Waals surface area contributed by atoms with Crippen molar-refractivity contribution in [2.45, 2.75) is 6.92 Å². The first-order valence-corrected chi connectivity index (χ1v) is 2.57. The van der Waals surface area contributed by atoms with Crippen LogP contribution in [0.3, 0.4) is 0 Å². The van der Waals surface area contributed by atoms with Crippen LogP contribution in [0.25, 0.3) is 0 Å². The zero-order valence-corrected chi connectivity index (χ0v) is 5.50. The van der Waals surface area contributed by atoms with Gasteiger partial charge in [0, 0.05) is 7.05 Å². The van der Waals surface area contributed by atoms with Gasteiger partial charge in [0.25, 0.3) is 5.91 Å². The van der Waals surface area contributed by atoms with E-state index in [1.807, 2.05) is 0 Å². The lowest BCUT2D eigenvalue weighted by Gasteiger charge is -2.01. The number of likely N-dealkylation sites (N-methyl/N-ethyl adjacent to an activating group) is 1. The van der Waals surface area contributed by atoms with E-state index < -0.39 is 0 Å². The Hall–Kier alpha value is -1.12. The molecule has 50 valence electrons. The molecule has 0 aliphatic heterocycles. The highest BCUT2D eigenvalue weighted by atomic mass is 16.2. The molecule has 0 rings (SSSR count). The molecule has 0 heterocycles. The van der Waals surface area contributed by atoms with Crippen molar-refractivity contribution in [3.63, 3.8) is 0 Å². The SMILES string of the molecule is C/C=C\C(=O)N(C)C=O. The monoisotopic (exact) mass is 127 g/mol. The molecule has 0 saturated heterocycles. The number of amides is 2. The van der Waals surface area contributed by atoms with E-state index in [9.17, 15) is 9.59 Å². The molecule has 0 aliphatic carbocycles. The molecule has 9 heavy (non-hydrogen) atoms. The maximum atomic E-state index is 10.6. The van der Waals surface area contributed by atoms with Crippen molar-refractivity contribution in [1.29, 1.82) is 0 Å². The first-order chi connectivity index (χ1) is 4.22. The minimum Gasteiger partial charge on any atom is -0.285 e. The predicted octanol–water partition coefficient (Wildman–Crippen LogP) is 0.177. The predicted molar refractivity (Wildman–Crippen MR) is 33.6 cm³/mol. The molecule has 0 spiro atoms. The van der Waals surface area contributed by atoms with Gasteiger partial charge in [-0.2, -0.15) is 0 Å². The highest BCUT2D eigenvalue weighted by Gasteiger charge is 1.98. The summed E-state index contributed by atoms with van der Waals surface area (Å²) in [6.07, 6.45) is 3.39. The van der Waals surface area contributed by atoms with Gasteiger partial charge in [0.2, 0.25) is 6.41 Å². The maximum absolute atomic E-state index is 10.6. The average molecular weight is 127 g/mol. The minimum absolute atomic E-state index is 0.299. The fourth-order valence-electron chi connectivity index (χ4n) is 0.312. The molecule has 2 amide bonds. The summed E-state index contributed by atoms with van der Waals surface area (Å²) < 4.78 is 0. The van der Waals surface area contributed by atoms with E-state index in [0.717, 1.165) is 4.90 Å². The number of carbonyl (C=O) groups is 2.